The van der Waals surface area contributed by atoms with Crippen LogP contribution in [0.5, 0.6) is 0 Å². The average Bonchev–Trinajstić information content (AvgIpc) is 2.55. The van der Waals surface area contributed by atoms with Crippen LogP contribution in [-0.2, 0) is 22.9 Å². The summed E-state index contributed by atoms with van der Waals surface area (Å²) < 4.78 is 23.2. The van der Waals surface area contributed by atoms with Gasteiger partial charge in [0.15, 0.2) is 0 Å². The summed E-state index contributed by atoms with van der Waals surface area (Å²) in [6.45, 7) is 2.91. The van der Waals surface area contributed by atoms with Gasteiger partial charge in [0, 0.05) is 18.4 Å². The van der Waals surface area contributed by atoms with Gasteiger partial charge in [-0.15, -0.1) is 0 Å². The van der Waals surface area contributed by atoms with Gasteiger partial charge >= 0.3 is 0 Å². The molecule has 2 aromatic rings. The van der Waals surface area contributed by atoms with E-state index in [1.165, 1.54) is 16.7 Å². The molecule has 24 heavy (non-hydrogen) atoms. The zero-order valence-electron chi connectivity index (χ0n) is 13.8. The van der Waals surface area contributed by atoms with Crippen LogP contribution >= 0.6 is 0 Å². The lowest BCUT2D eigenvalue weighted by molar-refractivity contribution is 0.461. The smallest absolute Gasteiger partial charge is 0.238 e. The van der Waals surface area contributed by atoms with E-state index in [-0.39, 0.29) is 10.9 Å². The van der Waals surface area contributed by atoms with Crippen LogP contribution in [0.3, 0.4) is 0 Å². The summed E-state index contributed by atoms with van der Waals surface area (Å²) in [7, 11) is -3.66. The number of benzene rings is 1. The molecule has 1 aromatic carbocycles. The number of fused-ring (bicyclic) bond motifs is 1. The fourth-order valence-electron chi connectivity index (χ4n) is 3.33. The Morgan fingerprint density at radius 2 is 2.17 bits per heavy atom. The van der Waals surface area contributed by atoms with Crippen LogP contribution in [0.25, 0.3) is 0 Å². The largest absolute Gasteiger partial charge is 0.310 e. The van der Waals surface area contributed by atoms with E-state index in [4.69, 9.17) is 5.14 Å². The minimum absolute atomic E-state index is 0.178. The maximum Gasteiger partial charge on any atom is 0.238 e. The number of nitrogens with two attached hydrogens (primary N) is 1. The summed E-state index contributed by atoms with van der Waals surface area (Å²) in [4.78, 5) is 4.31. The molecule has 1 aliphatic carbocycles. The molecule has 0 amide bonds. The van der Waals surface area contributed by atoms with Crippen molar-refractivity contribution in [3.05, 3.63) is 58.9 Å². The van der Waals surface area contributed by atoms with Gasteiger partial charge in [0.05, 0.1) is 4.90 Å². The topological polar surface area (TPSA) is 85.1 Å². The molecule has 0 spiro atoms. The molecule has 0 fully saturated rings. The molecule has 128 valence electrons. The fourth-order valence-corrected chi connectivity index (χ4v) is 3.88. The van der Waals surface area contributed by atoms with Crippen molar-refractivity contribution in [2.45, 2.75) is 43.5 Å². The molecule has 0 saturated heterocycles. The molecule has 1 heterocycles. The average molecular weight is 345 g/mol. The minimum atomic E-state index is -3.66. The van der Waals surface area contributed by atoms with Crippen molar-refractivity contribution in [1.29, 1.82) is 0 Å². The molecule has 1 aliphatic rings. The number of aryl methyl sites for hydroxylation is 2. The number of nitrogens with zero attached hydrogens (tertiary/aromatic N) is 1. The number of rotatable bonds is 5. The summed E-state index contributed by atoms with van der Waals surface area (Å²) in [5, 5.41) is 8.85. The first-order valence-corrected chi connectivity index (χ1v) is 9.78. The molecule has 6 heteroatoms. The van der Waals surface area contributed by atoms with Crippen LogP contribution in [0.1, 0.15) is 41.1 Å². The van der Waals surface area contributed by atoms with Gasteiger partial charge in [-0.2, -0.15) is 0 Å². The Hall–Kier alpha value is -1.76. The molecule has 0 aliphatic heterocycles. The Morgan fingerprint density at radius 3 is 2.92 bits per heavy atom. The van der Waals surface area contributed by atoms with Gasteiger partial charge in [0.25, 0.3) is 0 Å². The van der Waals surface area contributed by atoms with E-state index in [0.717, 1.165) is 37.8 Å². The Morgan fingerprint density at radius 1 is 1.33 bits per heavy atom. The van der Waals surface area contributed by atoms with Crippen molar-refractivity contribution < 1.29 is 8.42 Å². The highest BCUT2D eigenvalue weighted by atomic mass is 32.2. The van der Waals surface area contributed by atoms with Gasteiger partial charge in [-0.05, 0) is 79.6 Å². The molecular formula is C18H23N3O2S. The lowest BCUT2D eigenvalue weighted by Crippen LogP contribution is -2.27. The molecule has 3 rings (SSSR count). The maximum absolute atomic E-state index is 11.6. The first-order valence-electron chi connectivity index (χ1n) is 8.23. The highest BCUT2D eigenvalue weighted by Gasteiger charge is 2.22. The summed E-state index contributed by atoms with van der Waals surface area (Å²) in [5.74, 6) is 0. The van der Waals surface area contributed by atoms with Crippen molar-refractivity contribution in [2.24, 2.45) is 5.14 Å². The lowest BCUT2D eigenvalue weighted by atomic mass is 9.87. The van der Waals surface area contributed by atoms with E-state index in [1.54, 1.807) is 12.1 Å². The van der Waals surface area contributed by atoms with Crippen LogP contribution < -0.4 is 10.5 Å². The van der Waals surface area contributed by atoms with Gasteiger partial charge in [-0.3, -0.25) is 4.98 Å². The van der Waals surface area contributed by atoms with Gasteiger partial charge in [-0.1, -0.05) is 6.07 Å². The van der Waals surface area contributed by atoms with Gasteiger partial charge in [0.2, 0.25) is 10.0 Å². The Balaban J connectivity index is 1.73. The number of hydrogen-bond acceptors (Lipinski definition) is 4. The lowest BCUT2D eigenvalue weighted by Gasteiger charge is -2.27. The Labute approximate surface area is 143 Å². The van der Waals surface area contributed by atoms with E-state index >= 15 is 0 Å². The van der Waals surface area contributed by atoms with Crippen LogP contribution in [-0.4, -0.2) is 19.9 Å². The van der Waals surface area contributed by atoms with E-state index in [2.05, 4.69) is 17.2 Å². The number of aromatic nitrogens is 1. The first-order chi connectivity index (χ1) is 11.4. The summed E-state index contributed by atoms with van der Waals surface area (Å²) in [6, 6.07) is 7.47. The van der Waals surface area contributed by atoms with Gasteiger partial charge in [0.1, 0.15) is 0 Å². The highest BCUT2D eigenvalue weighted by Crippen LogP contribution is 2.31. The molecule has 1 aromatic heterocycles. The quantitative estimate of drug-likeness (QED) is 0.870. The van der Waals surface area contributed by atoms with Crippen molar-refractivity contribution in [3.63, 3.8) is 0 Å². The molecule has 3 N–H and O–H groups in total. The van der Waals surface area contributed by atoms with Crippen molar-refractivity contribution in [1.82, 2.24) is 10.3 Å². The maximum atomic E-state index is 11.6. The van der Waals surface area contributed by atoms with Crippen LogP contribution in [0.4, 0.5) is 0 Å². The monoisotopic (exact) mass is 345 g/mol. The summed E-state index contributed by atoms with van der Waals surface area (Å²) in [5.41, 5.74) is 4.76. The normalized spacial score (nSPS) is 17.5. The van der Waals surface area contributed by atoms with E-state index < -0.39 is 10.0 Å². The molecule has 1 unspecified atom stereocenters. The third kappa shape index (κ3) is 3.83. The van der Waals surface area contributed by atoms with E-state index in [0.29, 0.717) is 0 Å². The second kappa shape index (κ2) is 7.01. The van der Waals surface area contributed by atoms with Gasteiger partial charge in [-0.25, -0.2) is 13.6 Å². The number of sulfonamides is 1. The van der Waals surface area contributed by atoms with Gasteiger partial charge < -0.3 is 5.32 Å². The molecule has 0 bridgehead atoms. The number of nitrogens with one attached hydrogen (secondary N) is 1. The van der Waals surface area contributed by atoms with Crippen LogP contribution in [0, 0.1) is 6.92 Å². The van der Waals surface area contributed by atoms with Crippen molar-refractivity contribution in [2.75, 3.05) is 6.54 Å². The fraction of sp³-hybridized carbons (Fsp3) is 0.389. The van der Waals surface area contributed by atoms with Crippen LogP contribution in [0.2, 0.25) is 0 Å². The third-order valence-electron chi connectivity index (χ3n) is 4.68. The molecule has 0 saturated carbocycles. The Bertz CT molecular complexity index is 834. The number of hydrogen-bond donors (Lipinski definition) is 2. The molecular weight excluding hydrogens is 322 g/mol. The first kappa shape index (κ1) is 17.1. The minimum Gasteiger partial charge on any atom is -0.310 e. The molecule has 1 atom stereocenters. The number of primary sulfonamides is 1. The molecule has 0 radical (unpaired) electrons. The Kier molecular flexibility index (Phi) is 4.99. The number of pyridine rings is 1. The molecule has 5 nitrogen and oxygen atoms in total. The standard InChI is InChI=1S/C18H23N3O2S/c1-13-12-20-9-7-14(13)8-10-21-18-4-2-3-15-5-6-16(11-17(15)18)24(19,22)23/h5-7,9,11-12,18,21H,2-4,8,10H2,1H3,(H2,19,22,23). The predicted molar refractivity (Wildman–Crippen MR) is 94.2 cm³/mol. The summed E-state index contributed by atoms with van der Waals surface area (Å²) >= 11 is 0. The predicted octanol–water partition coefficient (Wildman–Crippen LogP) is 2.25. The van der Waals surface area contributed by atoms with E-state index in [1.807, 2.05) is 24.5 Å². The zero-order chi connectivity index (χ0) is 17.2. The summed E-state index contributed by atoms with van der Waals surface area (Å²) in [6.07, 6.45) is 7.72. The second-order valence-electron chi connectivity index (χ2n) is 6.36. The van der Waals surface area contributed by atoms with Crippen molar-refractivity contribution >= 4 is 10.0 Å². The van der Waals surface area contributed by atoms with E-state index in [9.17, 15) is 8.42 Å². The van der Waals surface area contributed by atoms with Crippen LogP contribution in [0.15, 0.2) is 41.6 Å². The highest BCUT2D eigenvalue weighted by molar-refractivity contribution is 7.89. The van der Waals surface area contributed by atoms with Crippen molar-refractivity contribution in [3.8, 4) is 0 Å². The SMILES string of the molecule is Cc1cnccc1CCNC1CCCc2ccc(S(N)(=O)=O)cc21. The second-order valence-corrected chi connectivity index (χ2v) is 7.92. The zero-order valence-corrected chi connectivity index (χ0v) is 14.6. The third-order valence-corrected chi connectivity index (χ3v) is 5.59.